The van der Waals surface area contributed by atoms with Crippen LogP contribution in [0.25, 0.3) is 0 Å². The second-order valence-corrected chi connectivity index (χ2v) is 3.71. The standard InChI is InChI=1S/C11H12FNO.C2H6/c1-6-5-8-3-4-9(14)13-11(8)7(2)10(6)12;1-2/h5H,3-4H2,1-2H3,(H,13,14);1-2H3. The summed E-state index contributed by atoms with van der Waals surface area (Å²) in [6.07, 6.45) is 1.21. The summed E-state index contributed by atoms with van der Waals surface area (Å²) in [6.45, 7) is 7.45. The first-order chi connectivity index (χ1) is 7.59. The lowest BCUT2D eigenvalue weighted by atomic mass is 9.96. The van der Waals surface area contributed by atoms with E-state index in [0.29, 0.717) is 29.7 Å². The van der Waals surface area contributed by atoms with Gasteiger partial charge in [0, 0.05) is 17.7 Å². The number of halogens is 1. The largest absolute Gasteiger partial charge is 0.325 e. The molecule has 0 unspecified atom stereocenters. The normalized spacial score (nSPS) is 13.4. The molecule has 0 saturated carbocycles. The molecule has 0 radical (unpaired) electrons. The summed E-state index contributed by atoms with van der Waals surface area (Å²) in [6, 6.07) is 1.82. The molecule has 1 aromatic rings. The number of nitrogens with one attached hydrogen (secondary N) is 1. The number of carbonyl (C=O) groups is 1. The van der Waals surface area contributed by atoms with Gasteiger partial charge in [-0.3, -0.25) is 4.79 Å². The molecule has 0 fully saturated rings. The SMILES string of the molecule is CC.Cc1cc2c(c(C)c1F)NC(=O)CC2. The summed E-state index contributed by atoms with van der Waals surface area (Å²) in [5, 5.41) is 2.72. The molecule has 16 heavy (non-hydrogen) atoms. The summed E-state index contributed by atoms with van der Waals surface area (Å²) in [5.41, 5.74) is 2.91. The van der Waals surface area contributed by atoms with E-state index >= 15 is 0 Å². The minimum absolute atomic E-state index is 0.0242. The lowest BCUT2D eigenvalue weighted by Crippen LogP contribution is -2.20. The van der Waals surface area contributed by atoms with Crippen LogP contribution in [-0.4, -0.2) is 5.91 Å². The molecule has 88 valence electrons. The van der Waals surface area contributed by atoms with Gasteiger partial charge in [-0.25, -0.2) is 4.39 Å². The van der Waals surface area contributed by atoms with E-state index < -0.39 is 0 Å². The zero-order chi connectivity index (χ0) is 12.3. The van der Waals surface area contributed by atoms with E-state index in [1.54, 1.807) is 13.8 Å². The third-order valence-electron chi connectivity index (χ3n) is 2.65. The zero-order valence-electron chi connectivity index (χ0n) is 10.3. The van der Waals surface area contributed by atoms with Gasteiger partial charge in [0.1, 0.15) is 5.82 Å². The molecule has 1 heterocycles. The lowest BCUT2D eigenvalue weighted by molar-refractivity contribution is -0.116. The van der Waals surface area contributed by atoms with Crippen molar-refractivity contribution in [1.29, 1.82) is 0 Å². The number of rotatable bonds is 0. The first kappa shape index (κ1) is 12.7. The van der Waals surface area contributed by atoms with Crippen LogP contribution in [0.15, 0.2) is 6.07 Å². The second-order valence-electron chi connectivity index (χ2n) is 3.71. The van der Waals surface area contributed by atoms with Crippen molar-refractivity contribution in [1.82, 2.24) is 0 Å². The molecule has 1 aromatic carbocycles. The van der Waals surface area contributed by atoms with Crippen molar-refractivity contribution >= 4 is 11.6 Å². The number of aryl methyl sites for hydroxylation is 2. The van der Waals surface area contributed by atoms with Crippen LogP contribution >= 0.6 is 0 Å². The summed E-state index contributed by atoms with van der Waals surface area (Å²) < 4.78 is 13.5. The maximum absolute atomic E-state index is 13.5. The Morgan fingerprint density at radius 3 is 2.50 bits per heavy atom. The van der Waals surface area contributed by atoms with E-state index in [4.69, 9.17) is 0 Å². The van der Waals surface area contributed by atoms with Gasteiger partial charge in [0.2, 0.25) is 5.91 Å². The van der Waals surface area contributed by atoms with Gasteiger partial charge in [-0.1, -0.05) is 19.9 Å². The number of hydrogen-bond donors (Lipinski definition) is 1. The molecular weight excluding hydrogens is 205 g/mol. The van der Waals surface area contributed by atoms with E-state index in [1.165, 1.54) is 0 Å². The molecule has 2 rings (SSSR count). The second kappa shape index (κ2) is 5.10. The van der Waals surface area contributed by atoms with E-state index in [9.17, 15) is 9.18 Å². The maximum Gasteiger partial charge on any atom is 0.224 e. The van der Waals surface area contributed by atoms with Crippen LogP contribution in [0, 0.1) is 19.7 Å². The average molecular weight is 223 g/mol. The highest BCUT2D eigenvalue weighted by molar-refractivity contribution is 5.94. The van der Waals surface area contributed by atoms with E-state index in [0.717, 1.165) is 5.56 Å². The van der Waals surface area contributed by atoms with Crippen LogP contribution in [0.4, 0.5) is 10.1 Å². The van der Waals surface area contributed by atoms with Crippen molar-refractivity contribution in [2.45, 2.75) is 40.5 Å². The summed E-state index contributed by atoms with van der Waals surface area (Å²) >= 11 is 0. The minimum Gasteiger partial charge on any atom is -0.325 e. The smallest absolute Gasteiger partial charge is 0.224 e. The Hall–Kier alpha value is -1.38. The predicted octanol–water partition coefficient (Wildman–Crippen LogP) is 3.35. The van der Waals surface area contributed by atoms with Crippen LogP contribution in [0.2, 0.25) is 0 Å². The van der Waals surface area contributed by atoms with Crippen LogP contribution in [0.1, 0.15) is 37.0 Å². The quantitative estimate of drug-likeness (QED) is 0.718. The minimum atomic E-state index is -0.217. The van der Waals surface area contributed by atoms with Crippen molar-refractivity contribution in [3.63, 3.8) is 0 Å². The van der Waals surface area contributed by atoms with Gasteiger partial charge in [-0.2, -0.15) is 0 Å². The van der Waals surface area contributed by atoms with E-state index in [1.807, 2.05) is 19.9 Å². The molecule has 0 spiro atoms. The van der Waals surface area contributed by atoms with Gasteiger partial charge in [0.15, 0.2) is 0 Å². The lowest BCUT2D eigenvalue weighted by Gasteiger charge is -2.20. The van der Waals surface area contributed by atoms with Crippen molar-refractivity contribution in [2.75, 3.05) is 5.32 Å². The summed E-state index contributed by atoms with van der Waals surface area (Å²) in [5.74, 6) is -0.241. The molecule has 1 amide bonds. The molecule has 0 saturated heterocycles. The Bertz CT molecular complexity index is 413. The molecule has 0 aliphatic carbocycles. The van der Waals surface area contributed by atoms with E-state index in [2.05, 4.69) is 5.32 Å². The average Bonchev–Trinajstić information content (AvgIpc) is 2.30. The molecular formula is C13H18FNO. The fourth-order valence-electron chi connectivity index (χ4n) is 1.86. The Morgan fingerprint density at radius 1 is 1.25 bits per heavy atom. The van der Waals surface area contributed by atoms with Crippen molar-refractivity contribution in [3.05, 3.63) is 28.6 Å². The maximum atomic E-state index is 13.5. The molecule has 0 bridgehead atoms. The fraction of sp³-hybridized carbons (Fsp3) is 0.462. The molecule has 1 N–H and O–H groups in total. The van der Waals surface area contributed by atoms with Crippen LogP contribution < -0.4 is 5.32 Å². The van der Waals surface area contributed by atoms with Crippen molar-refractivity contribution < 1.29 is 9.18 Å². The topological polar surface area (TPSA) is 29.1 Å². The highest BCUT2D eigenvalue weighted by Gasteiger charge is 2.19. The number of amides is 1. The van der Waals surface area contributed by atoms with Gasteiger partial charge >= 0.3 is 0 Å². The van der Waals surface area contributed by atoms with Crippen molar-refractivity contribution in [3.8, 4) is 0 Å². The van der Waals surface area contributed by atoms with Gasteiger partial charge in [-0.05, 0) is 31.4 Å². The Balaban J connectivity index is 0.000000606. The molecule has 3 heteroatoms. The molecule has 1 aliphatic heterocycles. The van der Waals surface area contributed by atoms with Crippen LogP contribution in [0.3, 0.4) is 0 Å². The van der Waals surface area contributed by atoms with E-state index in [-0.39, 0.29) is 11.7 Å². The van der Waals surface area contributed by atoms with Gasteiger partial charge in [0.25, 0.3) is 0 Å². The van der Waals surface area contributed by atoms with Crippen LogP contribution in [0.5, 0.6) is 0 Å². The number of hydrogen-bond acceptors (Lipinski definition) is 1. The molecule has 2 nitrogen and oxygen atoms in total. The fourth-order valence-corrected chi connectivity index (χ4v) is 1.86. The number of benzene rings is 1. The zero-order valence-corrected chi connectivity index (χ0v) is 10.3. The molecule has 0 atom stereocenters. The highest BCUT2D eigenvalue weighted by Crippen LogP contribution is 2.29. The Morgan fingerprint density at radius 2 is 1.88 bits per heavy atom. The summed E-state index contributed by atoms with van der Waals surface area (Å²) in [4.78, 5) is 11.1. The molecule has 1 aliphatic rings. The monoisotopic (exact) mass is 223 g/mol. The summed E-state index contributed by atoms with van der Waals surface area (Å²) in [7, 11) is 0. The van der Waals surface area contributed by atoms with Gasteiger partial charge in [-0.15, -0.1) is 0 Å². The first-order valence-electron chi connectivity index (χ1n) is 5.68. The Labute approximate surface area is 95.9 Å². The van der Waals surface area contributed by atoms with Gasteiger partial charge in [0.05, 0.1) is 0 Å². The van der Waals surface area contributed by atoms with Crippen LogP contribution in [-0.2, 0) is 11.2 Å². The predicted molar refractivity (Wildman–Crippen MR) is 64.2 cm³/mol. The third-order valence-corrected chi connectivity index (χ3v) is 2.65. The highest BCUT2D eigenvalue weighted by atomic mass is 19.1. The number of fused-ring (bicyclic) bond motifs is 1. The third kappa shape index (κ3) is 2.23. The number of carbonyl (C=O) groups excluding carboxylic acids is 1. The van der Waals surface area contributed by atoms with Crippen molar-refractivity contribution in [2.24, 2.45) is 0 Å². The first-order valence-corrected chi connectivity index (χ1v) is 5.68. The molecule has 0 aromatic heterocycles. The van der Waals surface area contributed by atoms with Gasteiger partial charge < -0.3 is 5.32 Å². The number of anilines is 1. The Kier molecular flexibility index (Phi) is 4.05.